The summed E-state index contributed by atoms with van der Waals surface area (Å²) in [4.78, 5) is 22.9. The average molecular weight is 452 g/mol. The van der Waals surface area contributed by atoms with Crippen molar-refractivity contribution in [2.75, 3.05) is 25.1 Å². The van der Waals surface area contributed by atoms with Crippen LogP contribution in [0, 0.1) is 10.1 Å². The Kier molecular flexibility index (Phi) is 7.31. The van der Waals surface area contributed by atoms with Crippen molar-refractivity contribution < 1.29 is 14.5 Å². The van der Waals surface area contributed by atoms with Crippen LogP contribution < -0.4 is 10.6 Å². The van der Waals surface area contributed by atoms with E-state index in [0.717, 1.165) is 18.4 Å². The van der Waals surface area contributed by atoms with Crippen LogP contribution in [0.2, 0.25) is 10.0 Å². The topological polar surface area (TPSA) is 93.5 Å². The first-order valence-electron chi connectivity index (χ1n) is 9.63. The van der Waals surface area contributed by atoms with E-state index in [4.69, 9.17) is 27.9 Å². The van der Waals surface area contributed by atoms with Crippen LogP contribution in [0.25, 0.3) is 0 Å². The van der Waals surface area contributed by atoms with E-state index in [9.17, 15) is 14.9 Å². The maximum Gasteiger partial charge on any atom is 0.271 e. The van der Waals surface area contributed by atoms with Gasteiger partial charge in [0.2, 0.25) is 5.91 Å². The number of ether oxygens (including phenoxy) is 1. The van der Waals surface area contributed by atoms with Gasteiger partial charge in [0.1, 0.15) is 0 Å². The van der Waals surface area contributed by atoms with Gasteiger partial charge in [0.25, 0.3) is 5.69 Å². The lowest BCUT2D eigenvalue weighted by Gasteiger charge is -2.38. The summed E-state index contributed by atoms with van der Waals surface area (Å²) in [5.41, 5.74) is 1.21. The van der Waals surface area contributed by atoms with Crippen LogP contribution in [0.4, 0.5) is 11.4 Å². The molecule has 1 fully saturated rings. The molecule has 0 saturated carbocycles. The highest BCUT2D eigenvalue weighted by molar-refractivity contribution is 6.34. The predicted molar refractivity (Wildman–Crippen MR) is 117 cm³/mol. The van der Waals surface area contributed by atoms with E-state index in [1.54, 1.807) is 6.92 Å². The molecule has 1 aliphatic heterocycles. The quantitative estimate of drug-likeness (QED) is 0.474. The molecule has 30 heavy (non-hydrogen) atoms. The molecule has 160 valence electrons. The zero-order valence-electron chi connectivity index (χ0n) is 16.5. The Morgan fingerprint density at radius 1 is 1.20 bits per heavy atom. The molecule has 1 amide bonds. The maximum absolute atomic E-state index is 12.6. The largest absolute Gasteiger partial charge is 0.381 e. The molecule has 1 heterocycles. The highest BCUT2D eigenvalue weighted by atomic mass is 35.5. The van der Waals surface area contributed by atoms with Crippen molar-refractivity contribution in [3.05, 3.63) is 68.2 Å². The van der Waals surface area contributed by atoms with Crippen molar-refractivity contribution in [2.45, 2.75) is 31.2 Å². The number of nitrogens with zero attached hydrogens (tertiary/aromatic N) is 1. The number of halogens is 2. The van der Waals surface area contributed by atoms with Crippen molar-refractivity contribution >= 4 is 40.5 Å². The molecule has 1 saturated heterocycles. The number of anilines is 1. The monoisotopic (exact) mass is 451 g/mol. The van der Waals surface area contributed by atoms with Crippen molar-refractivity contribution in [1.29, 1.82) is 0 Å². The van der Waals surface area contributed by atoms with Gasteiger partial charge in [0, 0.05) is 42.3 Å². The number of benzene rings is 2. The fourth-order valence-electron chi connectivity index (χ4n) is 3.53. The van der Waals surface area contributed by atoms with E-state index in [1.165, 1.54) is 18.2 Å². The number of carbonyl (C=O) groups excluding carboxylic acids is 1. The summed E-state index contributed by atoms with van der Waals surface area (Å²) in [5, 5.41) is 17.7. The van der Waals surface area contributed by atoms with E-state index >= 15 is 0 Å². The van der Waals surface area contributed by atoms with E-state index < -0.39 is 11.0 Å². The van der Waals surface area contributed by atoms with Gasteiger partial charge in [-0.15, -0.1) is 0 Å². The van der Waals surface area contributed by atoms with Crippen LogP contribution in [0.1, 0.15) is 25.3 Å². The van der Waals surface area contributed by atoms with Gasteiger partial charge in [-0.2, -0.15) is 0 Å². The second-order valence-corrected chi connectivity index (χ2v) is 8.26. The summed E-state index contributed by atoms with van der Waals surface area (Å²) in [7, 11) is 0. The maximum atomic E-state index is 12.6. The lowest BCUT2D eigenvalue weighted by atomic mass is 9.74. The molecule has 1 aliphatic rings. The molecule has 1 atom stereocenters. The second-order valence-electron chi connectivity index (χ2n) is 7.41. The number of non-ortho nitro benzene ring substituents is 1. The van der Waals surface area contributed by atoms with Gasteiger partial charge >= 0.3 is 0 Å². The molecule has 9 heteroatoms. The molecule has 2 aromatic carbocycles. The number of rotatable bonds is 7. The van der Waals surface area contributed by atoms with Gasteiger partial charge in [-0.05, 0) is 43.5 Å². The third-order valence-electron chi connectivity index (χ3n) is 5.47. The minimum Gasteiger partial charge on any atom is -0.381 e. The highest BCUT2D eigenvalue weighted by Crippen LogP contribution is 2.35. The normalized spacial score (nSPS) is 16.6. The molecule has 0 spiro atoms. The molecule has 2 aromatic rings. The number of hydrogen-bond donors (Lipinski definition) is 2. The van der Waals surface area contributed by atoms with Gasteiger partial charge in [0.15, 0.2) is 0 Å². The summed E-state index contributed by atoms with van der Waals surface area (Å²) in [6.45, 7) is 3.68. The molecule has 0 aromatic heterocycles. The molecule has 0 aliphatic carbocycles. The Labute approximate surface area is 184 Å². The van der Waals surface area contributed by atoms with Crippen molar-refractivity contribution in [1.82, 2.24) is 5.32 Å². The van der Waals surface area contributed by atoms with Gasteiger partial charge in [-0.3, -0.25) is 14.9 Å². The lowest BCUT2D eigenvalue weighted by Crippen LogP contribution is -2.48. The van der Waals surface area contributed by atoms with Gasteiger partial charge in [-0.25, -0.2) is 0 Å². The third-order valence-corrected chi connectivity index (χ3v) is 6.03. The zero-order chi connectivity index (χ0) is 21.7. The fraction of sp³-hybridized carbons (Fsp3) is 0.381. The van der Waals surface area contributed by atoms with Gasteiger partial charge < -0.3 is 15.4 Å². The molecule has 0 radical (unpaired) electrons. The number of carbonyl (C=O) groups is 1. The summed E-state index contributed by atoms with van der Waals surface area (Å²) < 4.78 is 5.55. The standard InChI is InChI=1S/C21H23Cl2N3O4/c1-14(20(27)25-19-7-6-17(26(28)29)12-18(19)23)24-13-21(8-10-30-11-9-21)15-2-4-16(22)5-3-15/h2-7,12,14,24H,8-11,13H2,1H3,(H,25,27). The van der Waals surface area contributed by atoms with Gasteiger partial charge in [-0.1, -0.05) is 35.3 Å². The number of nitro benzene ring substituents is 1. The number of amides is 1. The number of hydrogen-bond acceptors (Lipinski definition) is 5. The fourth-order valence-corrected chi connectivity index (χ4v) is 3.88. The van der Waals surface area contributed by atoms with E-state index in [0.29, 0.717) is 30.5 Å². The second kappa shape index (κ2) is 9.75. The van der Waals surface area contributed by atoms with Crippen LogP contribution in [0.3, 0.4) is 0 Å². The Balaban J connectivity index is 1.66. The first kappa shape index (κ1) is 22.5. The van der Waals surface area contributed by atoms with Crippen molar-refractivity contribution in [2.24, 2.45) is 0 Å². The molecule has 3 rings (SSSR count). The Hall–Kier alpha value is -2.19. The molecule has 0 bridgehead atoms. The van der Waals surface area contributed by atoms with E-state index in [1.807, 2.05) is 24.3 Å². The minimum atomic E-state index is -0.536. The predicted octanol–water partition coefficient (Wildman–Crippen LogP) is 4.57. The van der Waals surface area contributed by atoms with E-state index in [2.05, 4.69) is 10.6 Å². The number of nitrogens with one attached hydrogen (secondary N) is 2. The molecular weight excluding hydrogens is 429 g/mol. The summed E-state index contributed by atoms with van der Waals surface area (Å²) in [5.74, 6) is -0.274. The highest BCUT2D eigenvalue weighted by Gasteiger charge is 2.35. The van der Waals surface area contributed by atoms with Gasteiger partial charge in [0.05, 0.1) is 21.7 Å². The Morgan fingerprint density at radius 3 is 2.47 bits per heavy atom. The molecule has 2 N–H and O–H groups in total. The molecule has 1 unspecified atom stereocenters. The first-order valence-corrected chi connectivity index (χ1v) is 10.4. The van der Waals surface area contributed by atoms with Crippen LogP contribution in [-0.2, 0) is 14.9 Å². The first-order chi connectivity index (χ1) is 14.3. The summed E-state index contributed by atoms with van der Waals surface area (Å²) in [6.07, 6.45) is 1.67. The smallest absolute Gasteiger partial charge is 0.271 e. The van der Waals surface area contributed by atoms with Crippen LogP contribution >= 0.6 is 23.2 Å². The van der Waals surface area contributed by atoms with Crippen LogP contribution in [0.15, 0.2) is 42.5 Å². The minimum absolute atomic E-state index is 0.117. The SMILES string of the molecule is CC(NCC1(c2ccc(Cl)cc2)CCOCC1)C(=O)Nc1ccc([N+](=O)[O-])cc1Cl. The van der Waals surface area contributed by atoms with Crippen LogP contribution in [0.5, 0.6) is 0 Å². The summed E-state index contributed by atoms with van der Waals surface area (Å²) >= 11 is 12.1. The lowest BCUT2D eigenvalue weighted by molar-refractivity contribution is -0.384. The molecular formula is C21H23Cl2N3O4. The third kappa shape index (κ3) is 5.29. The van der Waals surface area contributed by atoms with E-state index in [-0.39, 0.29) is 22.0 Å². The molecule has 7 nitrogen and oxygen atoms in total. The van der Waals surface area contributed by atoms with Crippen LogP contribution in [-0.4, -0.2) is 36.6 Å². The average Bonchev–Trinajstić information content (AvgIpc) is 2.74. The summed E-state index contributed by atoms with van der Waals surface area (Å²) in [6, 6.07) is 11.3. The zero-order valence-corrected chi connectivity index (χ0v) is 18.0. The Morgan fingerprint density at radius 2 is 1.87 bits per heavy atom. The van der Waals surface area contributed by atoms with Crippen molar-refractivity contribution in [3.8, 4) is 0 Å². The Bertz CT molecular complexity index is 915. The number of nitro groups is 1. The van der Waals surface area contributed by atoms with Crippen molar-refractivity contribution in [3.63, 3.8) is 0 Å².